The Morgan fingerprint density at radius 3 is 1.47 bits per heavy atom. The molecule has 0 saturated heterocycles. The summed E-state index contributed by atoms with van der Waals surface area (Å²) in [5, 5.41) is 18.3. The second kappa shape index (κ2) is 38.7. The van der Waals surface area contributed by atoms with Crippen molar-refractivity contribution in [2.45, 2.75) is 206 Å². The number of ether oxygens (including phenoxy) is 2. The number of esters is 2. The number of carbonyl (C=O) groups is 2. The summed E-state index contributed by atoms with van der Waals surface area (Å²) in [5.74, 6) is -0.977. The van der Waals surface area contributed by atoms with Crippen molar-refractivity contribution in [1.29, 1.82) is 0 Å². The molecule has 1 unspecified atom stereocenters. The van der Waals surface area contributed by atoms with Crippen molar-refractivity contribution in [2.75, 3.05) is 26.4 Å². The lowest BCUT2D eigenvalue weighted by atomic mass is 10.0. The van der Waals surface area contributed by atoms with E-state index in [2.05, 4.69) is 42.7 Å². The predicted octanol–water partition coefficient (Wildman–Crippen LogP) is 11.0. The highest BCUT2D eigenvalue weighted by Crippen LogP contribution is 2.43. The number of hydrogen-bond donors (Lipinski definition) is 3. The first-order valence-corrected chi connectivity index (χ1v) is 22.8. The maximum absolute atomic E-state index is 12.5. The van der Waals surface area contributed by atoms with Crippen LogP contribution < -0.4 is 0 Å². The molecule has 0 aromatic heterocycles. The molecule has 0 aromatic carbocycles. The summed E-state index contributed by atoms with van der Waals surface area (Å²) in [6.45, 7) is 2.29. The molecule has 0 aliphatic heterocycles. The van der Waals surface area contributed by atoms with Gasteiger partial charge in [0.25, 0.3) is 0 Å². The van der Waals surface area contributed by atoms with E-state index in [0.717, 1.165) is 38.5 Å². The van der Waals surface area contributed by atoms with Gasteiger partial charge in [0.2, 0.25) is 0 Å². The number of aliphatic hydroxyl groups excluding tert-OH is 2. The molecule has 53 heavy (non-hydrogen) atoms. The fourth-order valence-electron chi connectivity index (χ4n) is 5.78. The van der Waals surface area contributed by atoms with Crippen LogP contribution in [-0.2, 0) is 32.7 Å². The van der Waals surface area contributed by atoms with E-state index in [1.807, 2.05) is 0 Å². The van der Waals surface area contributed by atoms with Crippen molar-refractivity contribution >= 4 is 19.8 Å². The van der Waals surface area contributed by atoms with E-state index in [-0.39, 0.29) is 19.4 Å². The molecule has 0 spiro atoms. The highest BCUT2D eigenvalue weighted by Gasteiger charge is 2.27. The van der Waals surface area contributed by atoms with Crippen molar-refractivity contribution in [1.82, 2.24) is 0 Å². The molecule has 0 aromatic rings. The molecule has 0 radical (unpaired) electrons. The van der Waals surface area contributed by atoms with E-state index >= 15 is 0 Å². The SMILES string of the molecule is CCCCCCCCCCCCCCCC/C=C/CC/C=C/CCCC(=O)O[C@H](COC(=O)CCCCCCCCC)COP(=O)(O)OC[C@@H](O)CO. The summed E-state index contributed by atoms with van der Waals surface area (Å²) < 4.78 is 32.5. The monoisotopic (exact) mass is 775 g/mol. The summed E-state index contributed by atoms with van der Waals surface area (Å²) in [7, 11) is -4.62. The first-order valence-electron chi connectivity index (χ1n) is 21.3. The third kappa shape index (κ3) is 38.5. The van der Waals surface area contributed by atoms with Crippen molar-refractivity contribution in [2.24, 2.45) is 0 Å². The van der Waals surface area contributed by atoms with Crippen LogP contribution in [0.4, 0.5) is 0 Å². The molecule has 0 aliphatic carbocycles. The first-order chi connectivity index (χ1) is 25.7. The van der Waals surface area contributed by atoms with Gasteiger partial charge in [0.1, 0.15) is 12.7 Å². The standard InChI is InChI=1S/C42H79O10P/c1-3-5-7-9-11-12-13-14-15-16-17-18-19-20-21-22-23-24-25-26-28-30-32-34-42(46)52-40(38-51-53(47,48)50-36-39(44)35-43)37-49-41(45)33-31-29-27-10-8-6-4-2/h22-23,26,28,39-40,43-44H,3-21,24-25,27,29-38H2,1-2H3,(H,47,48)/b23-22+,28-26+/t39-,40+/m0/s1. The van der Waals surface area contributed by atoms with Gasteiger partial charge in [-0.1, -0.05) is 160 Å². The number of rotatable bonds is 40. The molecule has 0 bridgehead atoms. The third-order valence-corrected chi connectivity index (χ3v) is 10.0. The van der Waals surface area contributed by atoms with E-state index in [0.29, 0.717) is 19.3 Å². The Morgan fingerprint density at radius 2 is 0.962 bits per heavy atom. The fraction of sp³-hybridized carbons (Fsp3) is 0.857. The van der Waals surface area contributed by atoms with E-state index in [1.165, 1.54) is 109 Å². The van der Waals surface area contributed by atoms with Crippen LogP contribution in [0.1, 0.15) is 194 Å². The maximum atomic E-state index is 12.5. The van der Waals surface area contributed by atoms with E-state index in [9.17, 15) is 24.2 Å². The molecular weight excluding hydrogens is 695 g/mol. The van der Waals surface area contributed by atoms with Crippen LogP contribution in [0.15, 0.2) is 24.3 Å². The summed E-state index contributed by atoms with van der Waals surface area (Å²) >= 11 is 0. The Labute approximate surface area is 323 Å². The molecule has 0 fully saturated rings. The average Bonchev–Trinajstić information content (AvgIpc) is 3.14. The topological polar surface area (TPSA) is 149 Å². The number of carbonyl (C=O) groups excluding carboxylic acids is 2. The minimum absolute atomic E-state index is 0.127. The summed E-state index contributed by atoms with van der Waals surface area (Å²) in [5.41, 5.74) is 0. The van der Waals surface area contributed by atoms with Gasteiger partial charge in [0.05, 0.1) is 19.8 Å². The van der Waals surface area contributed by atoms with Crippen molar-refractivity contribution in [3.05, 3.63) is 24.3 Å². The molecule has 10 nitrogen and oxygen atoms in total. The Morgan fingerprint density at radius 1 is 0.547 bits per heavy atom. The summed E-state index contributed by atoms with van der Waals surface area (Å²) in [4.78, 5) is 34.7. The lowest BCUT2D eigenvalue weighted by molar-refractivity contribution is -0.161. The maximum Gasteiger partial charge on any atom is 0.472 e. The van der Waals surface area contributed by atoms with Gasteiger partial charge in [-0.3, -0.25) is 18.6 Å². The molecule has 0 heterocycles. The largest absolute Gasteiger partial charge is 0.472 e. The number of hydrogen-bond acceptors (Lipinski definition) is 9. The highest BCUT2D eigenvalue weighted by atomic mass is 31.2. The van der Waals surface area contributed by atoms with Crippen LogP contribution >= 0.6 is 7.82 Å². The Bertz CT molecular complexity index is 941. The highest BCUT2D eigenvalue weighted by molar-refractivity contribution is 7.47. The average molecular weight is 775 g/mol. The number of phosphoric acid groups is 1. The van der Waals surface area contributed by atoms with Crippen LogP contribution in [0.2, 0.25) is 0 Å². The molecule has 0 amide bonds. The van der Waals surface area contributed by atoms with Crippen molar-refractivity contribution < 1.29 is 47.8 Å². The number of allylic oxidation sites excluding steroid dienone is 4. The van der Waals surface area contributed by atoms with Crippen molar-refractivity contribution in [3.8, 4) is 0 Å². The molecule has 0 rings (SSSR count). The molecule has 0 saturated carbocycles. The van der Waals surface area contributed by atoms with Gasteiger partial charge in [-0.25, -0.2) is 4.57 Å². The van der Waals surface area contributed by atoms with Gasteiger partial charge in [0, 0.05) is 12.8 Å². The minimum atomic E-state index is -4.62. The molecule has 0 aliphatic rings. The normalized spacial score (nSPS) is 14.1. The lowest BCUT2D eigenvalue weighted by Gasteiger charge is -2.20. The zero-order valence-electron chi connectivity index (χ0n) is 33.7. The quantitative estimate of drug-likeness (QED) is 0.0238. The summed E-state index contributed by atoms with van der Waals surface area (Å²) in [6, 6.07) is 0. The van der Waals surface area contributed by atoms with Crippen LogP contribution in [0.5, 0.6) is 0 Å². The van der Waals surface area contributed by atoms with Crippen LogP contribution in [0.3, 0.4) is 0 Å². The molecular formula is C42H79O10P. The van der Waals surface area contributed by atoms with Crippen LogP contribution in [0.25, 0.3) is 0 Å². The fourth-order valence-corrected chi connectivity index (χ4v) is 6.57. The molecule has 3 N–H and O–H groups in total. The second-order valence-corrected chi connectivity index (χ2v) is 15.8. The van der Waals surface area contributed by atoms with E-state index in [4.69, 9.17) is 19.1 Å². The smallest absolute Gasteiger partial charge is 0.462 e. The Balaban J connectivity index is 4.18. The van der Waals surface area contributed by atoms with E-state index < -0.39 is 51.8 Å². The van der Waals surface area contributed by atoms with Gasteiger partial charge in [-0.15, -0.1) is 0 Å². The second-order valence-electron chi connectivity index (χ2n) is 14.4. The zero-order chi connectivity index (χ0) is 39.1. The number of aliphatic hydroxyl groups is 2. The van der Waals surface area contributed by atoms with Gasteiger partial charge < -0.3 is 24.6 Å². The number of unbranched alkanes of at least 4 members (excludes halogenated alkanes) is 22. The Hall–Kier alpha value is -1.55. The predicted molar refractivity (Wildman–Crippen MR) is 215 cm³/mol. The van der Waals surface area contributed by atoms with Crippen LogP contribution in [0, 0.1) is 0 Å². The van der Waals surface area contributed by atoms with Gasteiger partial charge >= 0.3 is 19.8 Å². The first kappa shape index (κ1) is 51.5. The lowest BCUT2D eigenvalue weighted by Crippen LogP contribution is -2.29. The molecule has 3 atom stereocenters. The van der Waals surface area contributed by atoms with Gasteiger partial charge in [0.15, 0.2) is 6.10 Å². The van der Waals surface area contributed by atoms with Crippen molar-refractivity contribution in [3.63, 3.8) is 0 Å². The third-order valence-electron chi connectivity index (χ3n) is 9.09. The van der Waals surface area contributed by atoms with E-state index in [1.54, 1.807) is 0 Å². The van der Waals surface area contributed by atoms with Crippen LogP contribution in [-0.4, -0.2) is 65.7 Å². The number of phosphoric ester groups is 1. The molecule has 312 valence electrons. The molecule has 11 heteroatoms. The van der Waals surface area contributed by atoms with Gasteiger partial charge in [-0.2, -0.15) is 0 Å². The minimum Gasteiger partial charge on any atom is -0.462 e. The Kier molecular flexibility index (Phi) is 37.6. The van der Waals surface area contributed by atoms with Gasteiger partial charge in [-0.05, 0) is 44.9 Å². The summed E-state index contributed by atoms with van der Waals surface area (Å²) in [6.07, 6.45) is 37.7. The zero-order valence-corrected chi connectivity index (χ0v) is 34.6.